The summed E-state index contributed by atoms with van der Waals surface area (Å²) in [6, 6.07) is 0. The van der Waals surface area contributed by atoms with Gasteiger partial charge >= 0.3 is 0 Å². The molecule has 0 aliphatic carbocycles. The van der Waals surface area contributed by atoms with Crippen LogP contribution in [-0.2, 0) is 6.54 Å². The van der Waals surface area contributed by atoms with Gasteiger partial charge in [-0.15, -0.1) is 5.10 Å². The van der Waals surface area contributed by atoms with Crippen molar-refractivity contribution in [2.45, 2.75) is 39.0 Å². The maximum atomic E-state index is 9.40. The van der Waals surface area contributed by atoms with Crippen LogP contribution in [0.3, 0.4) is 0 Å². The Hall–Kier alpha value is -0.940. The lowest BCUT2D eigenvalue weighted by Gasteiger charge is -2.02. The highest BCUT2D eigenvalue weighted by molar-refractivity contribution is 4.96. The van der Waals surface area contributed by atoms with Gasteiger partial charge in [-0.05, 0) is 13.3 Å². The lowest BCUT2D eigenvalue weighted by atomic mass is 10.2. The highest BCUT2D eigenvalue weighted by atomic mass is 16.3. The molecule has 2 unspecified atom stereocenters. The minimum atomic E-state index is -0.553. The van der Waals surface area contributed by atoms with Gasteiger partial charge in [0.2, 0.25) is 0 Å². The molecule has 0 amide bonds. The molecule has 0 bridgehead atoms. The Kier molecular flexibility index (Phi) is 3.39. The summed E-state index contributed by atoms with van der Waals surface area (Å²) in [5, 5.41) is 26.0. The molecule has 2 atom stereocenters. The SMILES string of the molecule is CCC(O)c1cn(CC(C)O)nn1. The number of nitrogens with zero attached hydrogens (tertiary/aromatic N) is 3. The van der Waals surface area contributed by atoms with Crippen LogP contribution in [0.25, 0.3) is 0 Å². The van der Waals surface area contributed by atoms with Crippen molar-refractivity contribution >= 4 is 0 Å². The van der Waals surface area contributed by atoms with Gasteiger partial charge < -0.3 is 10.2 Å². The molecular weight excluding hydrogens is 170 g/mol. The largest absolute Gasteiger partial charge is 0.391 e. The molecule has 0 spiro atoms. The Morgan fingerprint density at radius 2 is 2.23 bits per heavy atom. The van der Waals surface area contributed by atoms with Crippen molar-refractivity contribution in [3.05, 3.63) is 11.9 Å². The van der Waals surface area contributed by atoms with Crippen molar-refractivity contribution in [2.75, 3.05) is 0 Å². The second-order valence-electron chi connectivity index (χ2n) is 3.14. The van der Waals surface area contributed by atoms with Crippen LogP contribution in [0.15, 0.2) is 6.20 Å². The molecule has 0 radical (unpaired) electrons. The summed E-state index contributed by atoms with van der Waals surface area (Å²) < 4.78 is 1.53. The summed E-state index contributed by atoms with van der Waals surface area (Å²) in [6.45, 7) is 3.96. The molecule has 1 aromatic rings. The number of aliphatic hydroxyl groups excluding tert-OH is 2. The average molecular weight is 185 g/mol. The smallest absolute Gasteiger partial charge is 0.111 e. The van der Waals surface area contributed by atoms with Crippen LogP contribution in [0.2, 0.25) is 0 Å². The predicted octanol–water partition coefficient (Wildman–Crippen LogP) is 0.102. The standard InChI is InChI=1S/C8H15N3O2/c1-3-8(13)7-5-11(10-9-7)4-6(2)12/h5-6,8,12-13H,3-4H2,1-2H3. The first-order valence-electron chi connectivity index (χ1n) is 4.39. The third-order valence-corrected chi connectivity index (χ3v) is 1.74. The van der Waals surface area contributed by atoms with Gasteiger partial charge in [-0.25, -0.2) is 4.68 Å². The molecular formula is C8H15N3O2. The quantitative estimate of drug-likeness (QED) is 0.698. The molecule has 0 fully saturated rings. The molecule has 1 rings (SSSR count). The lowest BCUT2D eigenvalue weighted by Crippen LogP contribution is -2.12. The zero-order valence-corrected chi connectivity index (χ0v) is 7.88. The van der Waals surface area contributed by atoms with Gasteiger partial charge in [0.15, 0.2) is 0 Å². The number of hydrogen-bond donors (Lipinski definition) is 2. The summed E-state index contributed by atoms with van der Waals surface area (Å²) in [7, 11) is 0. The van der Waals surface area contributed by atoms with E-state index in [1.54, 1.807) is 13.1 Å². The normalized spacial score (nSPS) is 15.7. The molecule has 2 N–H and O–H groups in total. The maximum Gasteiger partial charge on any atom is 0.111 e. The topological polar surface area (TPSA) is 71.2 Å². The van der Waals surface area contributed by atoms with Gasteiger partial charge in [-0.1, -0.05) is 12.1 Å². The predicted molar refractivity (Wildman–Crippen MR) is 47.0 cm³/mol. The van der Waals surface area contributed by atoms with Crippen LogP contribution in [0, 0.1) is 0 Å². The molecule has 0 saturated carbocycles. The van der Waals surface area contributed by atoms with E-state index in [1.807, 2.05) is 6.92 Å². The molecule has 5 nitrogen and oxygen atoms in total. The highest BCUT2D eigenvalue weighted by Crippen LogP contribution is 2.11. The third kappa shape index (κ3) is 2.78. The summed E-state index contributed by atoms with van der Waals surface area (Å²) in [6.07, 6.45) is 1.27. The van der Waals surface area contributed by atoms with Crippen molar-refractivity contribution in [3.8, 4) is 0 Å². The fourth-order valence-corrected chi connectivity index (χ4v) is 1.04. The molecule has 0 saturated heterocycles. The van der Waals surface area contributed by atoms with Crippen LogP contribution < -0.4 is 0 Å². The van der Waals surface area contributed by atoms with E-state index in [2.05, 4.69) is 10.3 Å². The zero-order chi connectivity index (χ0) is 9.84. The molecule has 0 aliphatic rings. The Morgan fingerprint density at radius 3 is 2.77 bits per heavy atom. The lowest BCUT2D eigenvalue weighted by molar-refractivity contribution is 0.165. The highest BCUT2D eigenvalue weighted by Gasteiger charge is 2.09. The van der Waals surface area contributed by atoms with E-state index in [4.69, 9.17) is 5.11 Å². The van der Waals surface area contributed by atoms with Crippen molar-refractivity contribution in [2.24, 2.45) is 0 Å². The van der Waals surface area contributed by atoms with E-state index in [0.717, 1.165) is 0 Å². The first kappa shape index (κ1) is 10.1. The van der Waals surface area contributed by atoms with E-state index in [-0.39, 0.29) is 0 Å². The molecule has 1 aromatic heterocycles. The minimum absolute atomic E-state index is 0.406. The van der Waals surface area contributed by atoms with Gasteiger partial charge in [0.25, 0.3) is 0 Å². The summed E-state index contributed by atoms with van der Waals surface area (Å²) in [4.78, 5) is 0. The van der Waals surface area contributed by atoms with E-state index in [1.165, 1.54) is 4.68 Å². The van der Waals surface area contributed by atoms with Crippen LogP contribution in [0.1, 0.15) is 32.1 Å². The molecule has 0 aliphatic heterocycles. The zero-order valence-electron chi connectivity index (χ0n) is 7.88. The first-order chi connectivity index (χ1) is 6.13. The number of rotatable bonds is 4. The van der Waals surface area contributed by atoms with Gasteiger partial charge in [0.05, 0.1) is 24.9 Å². The second-order valence-corrected chi connectivity index (χ2v) is 3.14. The van der Waals surface area contributed by atoms with E-state index in [0.29, 0.717) is 18.7 Å². The van der Waals surface area contributed by atoms with E-state index < -0.39 is 12.2 Å². The Labute approximate surface area is 77.0 Å². The molecule has 0 aromatic carbocycles. The molecule has 74 valence electrons. The van der Waals surface area contributed by atoms with Crippen molar-refractivity contribution in [3.63, 3.8) is 0 Å². The third-order valence-electron chi connectivity index (χ3n) is 1.74. The van der Waals surface area contributed by atoms with E-state index >= 15 is 0 Å². The molecule has 13 heavy (non-hydrogen) atoms. The summed E-state index contributed by atoms with van der Waals surface area (Å²) in [5.74, 6) is 0. The Balaban J connectivity index is 2.63. The van der Waals surface area contributed by atoms with Crippen LogP contribution in [0.5, 0.6) is 0 Å². The molecule has 1 heterocycles. The summed E-state index contributed by atoms with van der Waals surface area (Å²) in [5.41, 5.74) is 0.558. The van der Waals surface area contributed by atoms with Crippen LogP contribution in [-0.4, -0.2) is 31.3 Å². The Bertz CT molecular complexity index is 260. The minimum Gasteiger partial charge on any atom is -0.391 e. The van der Waals surface area contributed by atoms with Gasteiger partial charge in [-0.3, -0.25) is 0 Å². The van der Waals surface area contributed by atoms with Crippen molar-refractivity contribution < 1.29 is 10.2 Å². The number of hydrogen-bond acceptors (Lipinski definition) is 4. The Morgan fingerprint density at radius 1 is 1.54 bits per heavy atom. The number of aliphatic hydroxyl groups is 2. The van der Waals surface area contributed by atoms with Crippen molar-refractivity contribution in [1.29, 1.82) is 0 Å². The van der Waals surface area contributed by atoms with Crippen molar-refractivity contribution in [1.82, 2.24) is 15.0 Å². The van der Waals surface area contributed by atoms with E-state index in [9.17, 15) is 5.11 Å². The van der Waals surface area contributed by atoms with Crippen LogP contribution >= 0.6 is 0 Å². The second kappa shape index (κ2) is 4.34. The first-order valence-corrected chi connectivity index (χ1v) is 4.39. The van der Waals surface area contributed by atoms with Gasteiger partial charge in [-0.2, -0.15) is 0 Å². The van der Waals surface area contributed by atoms with Gasteiger partial charge in [0, 0.05) is 0 Å². The fourth-order valence-electron chi connectivity index (χ4n) is 1.04. The maximum absolute atomic E-state index is 9.40. The summed E-state index contributed by atoms with van der Waals surface area (Å²) >= 11 is 0. The van der Waals surface area contributed by atoms with Gasteiger partial charge in [0.1, 0.15) is 5.69 Å². The molecule has 5 heteroatoms. The monoisotopic (exact) mass is 185 g/mol. The number of aromatic nitrogens is 3. The van der Waals surface area contributed by atoms with Crippen LogP contribution in [0.4, 0.5) is 0 Å². The average Bonchev–Trinajstić information content (AvgIpc) is 2.50. The fraction of sp³-hybridized carbons (Fsp3) is 0.750.